The number of carbonyl (C=O) groups is 1. The Morgan fingerprint density at radius 3 is 1.09 bits per heavy atom. The predicted octanol–water partition coefficient (Wildman–Crippen LogP) is 3.50. The van der Waals surface area contributed by atoms with Gasteiger partial charge in [0.25, 0.3) is 0 Å². The molecular weight excluding hydrogens is 873 g/mol. The maximum atomic E-state index is 14.5. The molecule has 2 aliphatic rings. The summed E-state index contributed by atoms with van der Waals surface area (Å²) in [6.45, 7) is 12.6. The van der Waals surface area contributed by atoms with Crippen molar-refractivity contribution in [2.45, 2.75) is 61.1 Å². The molecule has 0 aromatic heterocycles. The third kappa shape index (κ3) is 14.9. The molecule has 0 unspecified atom stereocenters. The van der Waals surface area contributed by atoms with Crippen LogP contribution in [0.1, 0.15) is 42.4 Å². The summed E-state index contributed by atoms with van der Waals surface area (Å²) in [5.74, 6) is -0.151. The highest BCUT2D eigenvalue weighted by Gasteiger charge is 2.32. The minimum Gasteiger partial charge on any atom is -0.340 e. The average Bonchev–Trinajstić information content (AvgIpc) is 3.25. The Balaban J connectivity index is 1.46. The van der Waals surface area contributed by atoms with Crippen LogP contribution in [0.15, 0.2) is 87.5 Å². The van der Waals surface area contributed by atoms with E-state index in [1.807, 2.05) is 20.8 Å². The summed E-state index contributed by atoms with van der Waals surface area (Å²) in [4.78, 5) is 25.7. The Bertz CT molecular complexity index is 2260. The predicted molar refractivity (Wildman–Crippen MR) is 254 cm³/mol. The summed E-state index contributed by atoms with van der Waals surface area (Å²) in [6.07, 6.45) is 2.29. The Kier molecular flexibility index (Phi) is 19.3. The van der Waals surface area contributed by atoms with Gasteiger partial charge in [0.05, 0.1) is 21.2 Å². The molecule has 2 aliphatic heterocycles. The molecule has 356 valence electrons. The quantitative estimate of drug-likeness (QED) is 0.328. The van der Waals surface area contributed by atoms with Crippen LogP contribution >= 0.6 is 0 Å². The molecular formula is C46H72N8O7S3. The molecule has 2 heterocycles. The van der Waals surface area contributed by atoms with E-state index in [1.165, 1.54) is 25.0 Å². The molecule has 0 bridgehead atoms. The standard InChI is InChI=1S/C46H72N8O7S3/c1-40-11-17-43(18-12-40)62(56,57)52-29-10-30-54(64(60,61)45-21-15-42(3)16-22-45)38-37-53(63(58,59)44-19-13-41(2)14-20-44)28-9-27-51(35-36-52)46(55)39-50-26-8-25-48(5)32-31-47(4)23-7-24-49(6)33-34-50/h11-22H,7-10,23-39H2,1-6H3. The van der Waals surface area contributed by atoms with Crippen molar-refractivity contribution in [2.75, 3.05) is 132 Å². The van der Waals surface area contributed by atoms with Gasteiger partial charge in [-0.15, -0.1) is 0 Å². The van der Waals surface area contributed by atoms with Gasteiger partial charge in [-0.2, -0.15) is 12.9 Å². The summed E-state index contributed by atoms with van der Waals surface area (Å²) < 4.78 is 89.9. The van der Waals surface area contributed by atoms with Crippen LogP contribution in [-0.2, 0) is 34.9 Å². The molecule has 5 rings (SSSR count). The molecule has 0 spiro atoms. The fourth-order valence-electron chi connectivity index (χ4n) is 8.04. The van der Waals surface area contributed by atoms with Crippen LogP contribution in [0.4, 0.5) is 0 Å². The van der Waals surface area contributed by atoms with E-state index in [4.69, 9.17) is 0 Å². The van der Waals surface area contributed by atoms with E-state index < -0.39 is 30.1 Å². The van der Waals surface area contributed by atoms with Gasteiger partial charge in [0.15, 0.2) is 0 Å². The molecule has 0 atom stereocenters. The molecule has 64 heavy (non-hydrogen) atoms. The lowest BCUT2D eigenvalue weighted by Gasteiger charge is -2.33. The third-order valence-electron chi connectivity index (χ3n) is 12.3. The third-order valence-corrected chi connectivity index (χ3v) is 18.1. The van der Waals surface area contributed by atoms with Gasteiger partial charge in [-0.3, -0.25) is 9.69 Å². The minimum atomic E-state index is -4.11. The number of hydrogen-bond donors (Lipinski definition) is 0. The van der Waals surface area contributed by atoms with Crippen LogP contribution in [0.2, 0.25) is 0 Å². The second kappa shape index (κ2) is 23.9. The molecule has 2 fully saturated rings. The van der Waals surface area contributed by atoms with E-state index in [-0.39, 0.29) is 92.3 Å². The molecule has 0 aliphatic carbocycles. The van der Waals surface area contributed by atoms with Crippen LogP contribution in [0.25, 0.3) is 0 Å². The average molecular weight is 945 g/mol. The van der Waals surface area contributed by atoms with E-state index in [9.17, 15) is 30.0 Å². The van der Waals surface area contributed by atoms with Crippen molar-refractivity contribution in [2.24, 2.45) is 0 Å². The Morgan fingerprint density at radius 1 is 0.391 bits per heavy atom. The number of rotatable bonds is 8. The molecule has 3 aromatic carbocycles. The van der Waals surface area contributed by atoms with Gasteiger partial charge in [-0.25, -0.2) is 25.3 Å². The monoisotopic (exact) mass is 944 g/mol. The molecule has 15 nitrogen and oxygen atoms in total. The number of carbonyl (C=O) groups excluding carboxylic acids is 1. The smallest absolute Gasteiger partial charge is 0.243 e. The molecule has 0 N–H and O–H groups in total. The topological polar surface area (TPSA) is 145 Å². The second-order valence-corrected chi connectivity index (χ2v) is 23.4. The molecule has 0 radical (unpaired) electrons. The second-order valence-electron chi connectivity index (χ2n) is 17.6. The number of benzene rings is 3. The zero-order chi connectivity index (χ0) is 46.5. The Labute approximate surface area is 384 Å². The molecule has 2 saturated heterocycles. The van der Waals surface area contributed by atoms with Crippen molar-refractivity contribution < 1.29 is 30.0 Å². The fraction of sp³-hybridized carbons (Fsp3) is 0.587. The first-order chi connectivity index (χ1) is 30.4. The van der Waals surface area contributed by atoms with Crippen molar-refractivity contribution >= 4 is 36.0 Å². The van der Waals surface area contributed by atoms with Gasteiger partial charge < -0.3 is 19.6 Å². The van der Waals surface area contributed by atoms with Gasteiger partial charge in [0.1, 0.15) is 0 Å². The summed E-state index contributed by atoms with van der Waals surface area (Å²) in [5.41, 5.74) is 2.70. The van der Waals surface area contributed by atoms with Gasteiger partial charge in [-0.05, 0) is 130 Å². The number of sulfonamides is 3. The van der Waals surface area contributed by atoms with Crippen LogP contribution in [-0.4, -0.2) is 201 Å². The molecule has 1 amide bonds. The van der Waals surface area contributed by atoms with Crippen LogP contribution in [0.3, 0.4) is 0 Å². The summed E-state index contributed by atoms with van der Waals surface area (Å²) in [5, 5.41) is 0. The number of hydrogen-bond acceptors (Lipinski definition) is 11. The highest BCUT2D eigenvalue weighted by Crippen LogP contribution is 2.23. The lowest BCUT2D eigenvalue weighted by atomic mass is 10.2. The van der Waals surface area contributed by atoms with Crippen molar-refractivity contribution in [1.29, 1.82) is 0 Å². The molecule has 18 heteroatoms. The van der Waals surface area contributed by atoms with Gasteiger partial charge in [0, 0.05) is 78.5 Å². The number of amides is 1. The van der Waals surface area contributed by atoms with E-state index in [0.29, 0.717) is 13.1 Å². The SMILES string of the molecule is Cc1ccc(S(=O)(=O)N2CCCN(S(=O)(=O)c3ccc(C)cc3)CCN(S(=O)(=O)c3ccc(C)cc3)CCCN(C(=O)CN3CCCN(C)CCN(C)CCCN(C)CC3)CC2)cc1. The minimum absolute atomic E-state index is 0.0137. The number of likely N-dealkylation sites (N-methyl/N-ethyl adjacent to an activating group) is 3. The Morgan fingerprint density at radius 2 is 0.703 bits per heavy atom. The van der Waals surface area contributed by atoms with Gasteiger partial charge >= 0.3 is 0 Å². The zero-order valence-electron chi connectivity index (χ0n) is 38.9. The van der Waals surface area contributed by atoms with Crippen molar-refractivity contribution in [1.82, 2.24) is 37.4 Å². The Hall–Kier alpha value is -3.30. The van der Waals surface area contributed by atoms with E-state index in [2.05, 4.69) is 40.7 Å². The first-order valence-corrected chi connectivity index (χ1v) is 26.9. The van der Waals surface area contributed by atoms with E-state index in [0.717, 1.165) is 68.8 Å². The summed E-state index contributed by atoms with van der Waals surface area (Å²) in [7, 11) is -5.85. The largest absolute Gasteiger partial charge is 0.340 e. The fourth-order valence-corrected chi connectivity index (χ4v) is 12.4. The van der Waals surface area contributed by atoms with E-state index in [1.54, 1.807) is 65.6 Å². The summed E-state index contributed by atoms with van der Waals surface area (Å²) in [6, 6.07) is 19.7. The maximum Gasteiger partial charge on any atom is 0.243 e. The highest BCUT2D eigenvalue weighted by atomic mass is 32.2. The van der Waals surface area contributed by atoms with Gasteiger partial charge in [-0.1, -0.05) is 53.1 Å². The summed E-state index contributed by atoms with van der Waals surface area (Å²) >= 11 is 0. The van der Waals surface area contributed by atoms with E-state index >= 15 is 0 Å². The first kappa shape index (κ1) is 51.7. The van der Waals surface area contributed by atoms with Crippen molar-refractivity contribution in [3.63, 3.8) is 0 Å². The molecule has 0 saturated carbocycles. The molecule has 3 aromatic rings. The van der Waals surface area contributed by atoms with Crippen LogP contribution < -0.4 is 0 Å². The maximum absolute atomic E-state index is 14.5. The van der Waals surface area contributed by atoms with Gasteiger partial charge in [0.2, 0.25) is 36.0 Å². The highest BCUT2D eigenvalue weighted by molar-refractivity contribution is 7.89. The van der Waals surface area contributed by atoms with Crippen molar-refractivity contribution in [3.05, 3.63) is 89.5 Å². The zero-order valence-corrected chi connectivity index (χ0v) is 41.4. The first-order valence-electron chi connectivity index (χ1n) is 22.6. The van der Waals surface area contributed by atoms with Crippen LogP contribution in [0, 0.1) is 20.8 Å². The lowest BCUT2D eigenvalue weighted by Crippen LogP contribution is -2.48. The van der Waals surface area contributed by atoms with Crippen molar-refractivity contribution in [3.8, 4) is 0 Å². The lowest BCUT2D eigenvalue weighted by molar-refractivity contribution is -0.132. The van der Waals surface area contributed by atoms with Crippen LogP contribution in [0.5, 0.6) is 0 Å². The normalized spacial score (nSPS) is 20.4. The number of aryl methyl sites for hydroxylation is 3. The number of nitrogens with zero attached hydrogens (tertiary/aromatic N) is 8.